The number of benzene rings is 2. The highest BCUT2D eigenvalue weighted by Crippen LogP contribution is 2.43. The highest BCUT2D eigenvalue weighted by atomic mass is 35.5. The fourth-order valence-electron chi connectivity index (χ4n) is 4.38. The molecule has 0 spiro atoms. The molecule has 30 heavy (non-hydrogen) atoms. The minimum absolute atomic E-state index is 0.0528. The van der Waals surface area contributed by atoms with Crippen molar-refractivity contribution in [1.29, 1.82) is 0 Å². The number of rotatable bonds is 5. The summed E-state index contributed by atoms with van der Waals surface area (Å²) in [5.74, 6) is 0.714. The van der Waals surface area contributed by atoms with Crippen LogP contribution in [0.5, 0.6) is 5.75 Å². The molecule has 6 nitrogen and oxygen atoms in total. The molecule has 2 atom stereocenters. The molecule has 1 saturated heterocycles. The zero-order chi connectivity index (χ0) is 20.7. The van der Waals surface area contributed by atoms with Crippen molar-refractivity contribution in [2.75, 3.05) is 20.3 Å². The molecule has 1 N–H and O–H groups in total. The summed E-state index contributed by atoms with van der Waals surface area (Å²) in [6.07, 6.45) is 2.04. The van der Waals surface area contributed by atoms with Crippen molar-refractivity contribution in [3.8, 4) is 17.0 Å². The molecule has 2 aliphatic heterocycles. The number of amides is 1. The van der Waals surface area contributed by atoms with Crippen LogP contribution in [0.1, 0.15) is 40.5 Å². The van der Waals surface area contributed by atoms with E-state index in [1.807, 2.05) is 53.4 Å². The first-order valence-electron chi connectivity index (χ1n) is 10.1. The zero-order valence-electron chi connectivity index (χ0n) is 16.6. The molecule has 1 aromatic heterocycles. The highest BCUT2D eigenvalue weighted by molar-refractivity contribution is 6.30. The van der Waals surface area contributed by atoms with Gasteiger partial charge in [-0.2, -0.15) is 5.10 Å². The molecule has 0 radical (unpaired) electrons. The molecule has 3 heterocycles. The summed E-state index contributed by atoms with van der Waals surface area (Å²) in [6, 6.07) is 15.1. The fourth-order valence-corrected chi connectivity index (χ4v) is 4.58. The first-order chi connectivity index (χ1) is 14.7. The molecule has 1 amide bonds. The quantitative estimate of drug-likeness (QED) is 0.657. The van der Waals surface area contributed by atoms with Crippen molar-refractivity contribution in [3.63, 3.8) is 0 Å². The third-order valence-electron chi connectivity index (χ3n) is 5.82. The Kier molecular flexibility index (Phi) is 4.97. The van der Waals surface area contributed by atoms with Crippen molar-refractivity contribution in [2.24, 2.45) is 0 Å². The normalized spacial score (nSPS) is 20.6. The van der Waals surface area contributed by atoms with Gasteiger partial charge in [-0.25, -0.2) is 0 Å². The van der Waals surface area contributed by atoms with Crippen molar-refractivity contribution in [3.05, 3.63) is 70.4 Å². The Bertz CT molecular complexity index is 1070. The van der Waals surface area contributed by atoms with E-state index in [1.165, 1.54) is 0 Å². The number of carbonyl (C=O) groups is 1. The lowest BCUT2D eigenvalue weighted by Crippen LogP contribution is -2.36. The van der Waals surface area contributed by atoms with Crippen molar-refractivity contribution in [1.82, 2.24) is 15.1 Å². The third-order valence-corrected chi connectivity index (χ3v) is 6.05. The number of fused-ring (bicyclic) bond motifs is 1. The number of ether oxygens (including phenoxy) is 2. The van der Waals surface area contributed by atoms with Crippen LogP contribution in [-0.4, -0.2) is 47.4 Å². The van der Waals surface area contributed by atoms with E-state index in [-0.39, 0.29) is 18.1 Å². The Morgan fingerprint density at radius 3 is 2.80 bits per heavy atom. The molecule has 1 fully saturated rings. The minimum atomic E-state index is -0.272. The van der Waals surface area contributed by atoms with E-state index in [4.69, 9.17) is 21.1 Å². The summed E-state index contributed by atoms with van der Waals surface area (Å²) < 4.78 is 11.1. The number of nitrogens with one attached hydrogen (secondary N) is 1. The van der Waals surface area contributed by atoms with Crippen LogP contribution < -0.4 is 4.74 Å². The molecular formula is C23H22ClN3O3. The van der Waals surface area contributed by atoms with Crippen LogP contribution in [0.4, 0.5) is 0 Å². The Labute approximate surface area is 179 Å². The van der Waals surface area contributed by atoms with E-state index in [1.54, 1.807) is 7.11 Å². The first kappa shape index (κ1) is 19.2. The predicted octanol–water partition coefficient (Wildman–Crippen LogP) is 4.46. The summed E-state index contributed by atoms with van der Waals surface area (Å²) >= 11 is 6.30. The molecule has 5 rings (SSSR count). The number of aromatic nitrogens is 2. The van der Waals surface area contributed by atoms with Crippen LogP contribution >= 0.6 is 11.6 Å². The molecule has 154 valence electrons. The lowest BCUT2D eigenvalue weighted by atomic mass is 9.96. The van der Waals surface area contributed by atoms with Gasteiger partial charge in [0.2, 0.25) is 0 Å². The molecular weight excluding hydrogens is 402 g/mol. The molecule has 7 heteroatoms. The van der Waals surface area contributed by atoms with Gasteiger partial charge in [0, 0.05) is 29.3 Å². The van der Waals surface area contributed by atoms with Crippen LogP contribution in [-0.2, 0) is 4.74 Å². The Morgan fingerprint density at radius 1 is 1.27 bits per heavy atom. The van der Waals surface area contributed by atoms with Gasteiger partial charge in [0.15, 0.2) is 0 Å². The summed E-state index contributed by atoms with van der Waals surface area (Å²) in [4.78, 5) is 15.2. The van der Waals surface area contributed by atoms with Gasteiger partial charge in [-0.3, -0.25) is 9.89 Å². The van der Waals surface area contributed by atoms with Gasteiger partial charge in [-0.15, -0.1) is 0 Å². The molecule has 2 unspecified atom stereocenters. The van der Waals surface area contributed by atoms with Gasteiger partial charge in [-0.1, -0.05) is 23.7 Å². The number of carbonyl (C=O) groups excluding carboxylic acids is 1. The molecule has 0 saturated carbocycles. The minimum Gasteiger partial charge on any atom is -0.497 e. The van der Waals surface area contributed by atoms with Crippen LogP contribution in [0.3, 0.4) is 0 Å². The summed E-state index contributed by atoms with van der Waals surface area (Å²) in [5, 5.41) is 8.13. The van der Waals surface area contributed by atoms with Crippen LogP contribution in [0.25, 0.3) is 11.3 Å². The van der Waals surface area contributed by atoms with E-state index in [0.29, 0.717) is 17.3 Å². The molecule has 2 aromatic carbocycles. The predicted molar refractivity (Wildman–Crippen MR) is 114 cm³/mol. The van der Waals surface area contributed by atoms with Gasteiger partial charge in [0.05, 0.1) is 24.9 Å². The van der Waals surface area contributed by atoms with Crippen LogP contribution in [0.15, 0.2) is 48.5 Å². The monoisotopic (exact) mass is 423 g/mol. The van der Waals surface area contributed by atoms with Gasteiger partial charge in [0.25, 0.3) is 5.91 Å². The van der Waals surface area contributed by atoms with E-state index >= 15 is 0 Å². The maximum Gasteiger partial charge on any atom is 0.273 e. The average Bonchev–Trinajstić information content (AvgIpc) is 3.48. The largest absolute Gasteiger partial charge is 0.497 e. The van der Waals surface area contributed by atoms with Crippen molar-refractivity contribution in [2.45, 2.75) is 25.0 Å². The number of hydrogen-bond acceptors (Lipinski definition) is 4. The van der Waals surface area contributed by atoms with E-state index < -0.39 is 0 Å². The van der Waals surface area contributed by atoms with Crippen molar-refractivity contribution >= 4 is 17.5 Å². The summed E-state index contributed by atoms with van der Waals surface area (Å²) in [6.45, 7) is 1.29. The second kappa shape index (κ2) is 7.78. The molecule has 2 aliphatic rings. The summed E-state index contributed by atoms with van der Waals surface area (Å²) in [7, 11) is 1.64. The number of halogens is 1. The smallest absolute Gasteiger partial charge is 0.273 e. The van der Waals surface area contributed by atoms with Gasteiger partial charge >= 0.3 is 0 Å². The van der Waals surface area contributed by atoms with Crippen LogP contribution in [0, 0.1) is 0 Å². The van der Waals surface area contributed by atoms with E-state index in [2.05, 4.69) is 10.2 Å². The molecule has 3 aromatic rings. The maximum absolute atomic E-state index is 13.3. The number of aromatic amines is 1. The SMILES string of the molecule is COc1ccc(-c2n[nH]c3c2C(c2cccc(Cl)c2)N(CC2CCCO2)C3=O)cc1. The van der Waals surface area contributed by atoms with E-state index in [0.717, 1.165) is 47.6 Å². The van der Waals surface area contributed by atoms with Crippen LogP contribution in [0.2, 0.25) is 5.02 Å². The topological polar surface area (TPSA) is 67.4 Å². The van der Waals surface area contributed by atoms with Gasteiger partial charge in [-0.05, 0) is 54.8 Å². The van der Waals surface area contributed by atoms with Crippen molar-refractivity contribution < 1.29 is 14.3 Å². The van der Waals surface area contributed by atoms with Gasteiger partial charge < -0.3 is 14.4 Å². The lowest BCUT2D eigenvalue weighted by molar-refractivity contribution is 0.0495. The Hall–Kier alpha value is -2.83. The third kappa shape index (κ3) is 3.26. The van der Waals surface area contributed by atoms with E-state index in [9.17, 15) is 4.79 Å². The van der Waals surface area contributed by atoms with Gasteiger partial charge in [0.1, 0.15) is 11.4 Å². The number of methoxy groups -OCH3 is 1. The molecule has 0 bridgehead atoms. The first-order valence-corrected chi connectivity index (χ1v) is 10.4. The lowest BCUT2D eigenvalue weighted by Gasteiger charge is -2.28. The number of H-pyrrole nitrogens is 1. The average molecular weight is 424 g/mol. The second-order valence-electron chi connectivity index (χ2n) is 7.64. The molecule has 0 aliphatic carbocycles. The maximum atomic E-state index is 13.3. The Balaban J connectivity index is 1.61. The number of nitrogens with zero attached hydrogens (tertiary/aromatic N) is 2. The summed E-state index contributed by atoms with van der Waals surface area (Å²) in [5.41, 5.74) is 4.06. The second-order valence-corrected chi connectivity index (χ2v) is 8.08. The zero-order valence-corrected chi connectivity index (χ0v) is 17.4. The standard InChI is InChI=1S/C23H22ClN3O3/c1-29-17-9-7-14(8-10-17)20-19-21(26-25-20)23(28)27(13-18-6-3-11-30-18)22(19)15-4-2-5-16(24)12-15/h2,4-5,7-10,12,18,22H,3,6,11,13H2,1H3,(H,25,26). The fraction of sp³-hybridized carbons (Fsp3) is 0.304. The number of hydrogen-bond donors (Lipinski definition) is 1. The Morgan fingerprint density at radius 2 is 2.10 bits per heavy atom. The highest BCUT2D eigenvalue weighted by Gasteiger charge is 2.43.